The quantitative estimate of drug-likeness (QED) is 0.483. The van der Waals surface area contributed by atoms with Crippen LogP contribution >= 0.6 is 23.2 Å². The molecule has 4 rings (SSSR count). The van der Waals surface area contributed by atoms with Crippen molar-refractivity contribution in [3.63, 3.8) is 0 Å². The van der Waals surface area contributed by atoms with Crippen molar-refractivity contribution < 1.29 is 18.7 Å². The molecule has 2 bridgehead atoms. The number of fused-ring (bicyclic) bond motifs is 2. The van der Waals surface area contributed by atoms with Gasteiger partial charge in [-0.25, -0.2) is 4.39 Å². The fourth-order valence-corrected chi connectivity index (χ4v) is 4.56. The van der Waals surface area contributed by atoms with E-state index in [1.165, 1.54) is 0 Å². The summed E-state index contributed by atoms with van der Waals surface area (Å²) < 4.78 is 20.3. The second-order valence-corrected chi connectivity index (χ2v) is 8.35. The highest BCUT2D eigenvalue weighted by Crippen LogP contribution is 2.44. The van der Waals surface area contributed by atoms with Gasteiger partial charge in [-0.15, -0.1) is 0 Å². The minimum absolute atomic E-state index is 0.124. The summed E-state index contributed by atoms with van der Waals surface area (Å²) in [6.07, 6.45) is 1.22. The minimum Gasteiger partial charge on any atom is -0.356 e. The summed E-state index contributed by atoms with van der Waals surface area (Å²) in [6, 6.07) is 8.41. The number of benzene rings is 2. The number of rotatable bonds is 3. The van der Waals surface area contributed by atoms with Crippen molar-refractivity contribution in [2.75, 3.05) is 0 Å². The van der Waals surface area contributed by atoms with E-state index in [1.807, 2.05) is 13.0 Å². The summed E-state index contributed by atoms with van der Waals surface area (Å²) in [5.41, 5.74) is 1.57. The Bertz CT molecular complexity index is 1000. The molecule has 2 aromatic rings. The first kappa shape index (κ1) is 19.6. The first-order valence-electron chi connectivity index (χ1n) is 9.29. The maximum Gasteiger partial charge on any atom is 0.179 e. The smallest absolute Gasteiger partial charge is 0.179 e. The summed E-state index contributed by atoms with van der Waals surface area (Å²) >= 11 is 11.8. The zero-order valence-corrected chi connectivity index (χ0v) is 17.0. The van der Waals surface area contributed by atoms with Crippen molar-refractivity contribution in [1.82, 2.24) is 0 Å². The van der Waals surface area contributed by atoms with Crippen LogP contribution in [0.25, 0.3) is 11.1 Å². The van der Waals surface area contributed by atoms with Crippen LogP contribution in [-0.2, 0) is 20.7 Å². The summed E-state index contributed by atoms with van der Waals surface area (Å²) in [5, 5.41) is 0.0259. The molecule has 2 aliphatic heterocycles. The molecule has 0 aliphatic carbocycles. The lowest BCUT2D eigenvalue weighted by Crippen LogP contribution is -2.49. The van der Waals surface area contributed by atoms with Gasteiger partial charge in [0.05, 0.1) is 10.0 Å². The van der Waals surface area contributed by atoms with Crippen molar-refractivity contribution in [3.8, 4) is 11.1 Å². The second-order valence-electron chi connectivity index (χ2n) is 7.57. The van der Waals surface area contributed by atoms with E-state index < -0.39 is 23.4 Å². The van der Waals surface area contributed by atoms with E-state index in [-0.39, 0.29) is 21.6 Å². The number of hydrogen-bond donors (Lipinski definition) is 0. The van der Waals surface area contributed by atoms with E-state index in [1.54, 1.807) is 31.2 Å². The normalized spacial score (nSPS) is 26.8. The van der Waals surface area contributed by atoms with E-state index in [0.29, 0.717) is 36.0 Å². The van der Waals surface area contributed by atoms with Gasteiger partial charge in [0.2, 0.25) is 0 Å². The van der Waals surface area contributed by atoms with E-state index in [0.717, 1.165) is 5.56 Å². The van der Waals surface area contributed by atoms with Crippen LogP contribution in [0.5, 0.6) is 0 Å². The molecule has 0 N–H and O–H groups in total. The summed E-state index contributed by atoms with van der Waals surface area (Å²) in [4.78, 5) is 25.9. The molecule has 2 saturated heterocycles. The van der Waals surface area contributed by atoms with Crippen LogP contribution < -0.4 is 0 Å². The van der Waals surface area contributed by atoms with Crippen LogP contribution in [0.1, 0.15) is 43.7 Å². The van der Waals surface area contributed by atoms with Crippen LogP contribution in [0.4, 0.5) is 4.39 Å². The van der Waals surface area contributed by atoms with Crippen LogP contribution in [-0.4, -0.2) is 23.3 Å². The predicted molar refractivity (Wildman–Crippen MR) is 107 cm³/mol. The highest BCUT2D eigenvalue weighted by molar-refractivity contribution is 6.42. The fraction of sp³-hybridized carbons (Fsp3) is 0.364. The van der Waals surface area contributed by atoms with Gasteiger partial charge in [-0.05, 0) is 55.0 Å². The molecule has 3 atom stereocenters. The molecule has 2 fully saturated rings. The summed E-state index contributed by atoms with van der Waals surface area (Å²) in [7, 11) is 0. The molecule has 0 aromatic heterocycles. The molecule has 1 unspecified atom stereocenters. The highest BCUT2D eigenvalue weighted by Gasteiger charge is 2.55. The average molecular weight is 421 g/mol. The number of carbonyl (C=O) groups excluding carboxylic acids is 2. The third-order valence-electron chi connectivity index (χ3n) is 5.85. The topological polar surface area (TPSA) is 43.4 Å². The standard InChI is InChI=1S/C22H19Cl2FO3/c1-3-11-10-12(14-6-7-15(23)18(24)19(14)25)4-5-13(11)17-20(26)16-8-9-22(2,28-16)21(17)27/h4-7,10,16-17H,3,8-9H2,1-2H3/t16-,17?,22+/m0/s1. The Morgan fingerprint density at radius 2 is 1.96 bits per heavy atom. The third-order valence-corrected chi connectivity index (χ3v) is 6.63. The Kier molecular flexibility index (Phi) is 4.85. The van der Waals surface area contributed by atoms with Crippen LogP contribution in [0.15, 0.2) is 30.3 Å². The Hall–Kier alpha value is -1.75. The van der Waals surface area contributed by atoms with E-state index >= 15 is 0 Å². The zero-order valence-electron chi connectivity index (χ0n) is 15.5. The lowest BCUT2D eigenvalue weighted by atomic mass is 9.78. The number of hydrogen-bond acceptors (Lipinski definition) is 3. The Morgan fingerprint density at radius 3 is 2.68 bits per heavy atom. The Balaban J connectivity index is 1.80. The molecule has 0 saturated carbocycles. The fourth-order valence-electron chi connectivity index (χ4n) is 4.24. The highest BCUT2D eigenvalue weighted by atomic mass is 35.5. The van der Waals surface area contributed by atoms with Gasteiger partial charge in [0.1, 0.15) is 17.6 Å². The maximum atomic E-state index is 14.6. The van der Waals surface area contributed by atoms with Crippen molar-refractivity contribution in [2.24, 2.45) is 0 Å². The van der Waals surface area contributed by atoms with Crippen molar-refractivity contribution in [2.45, 2.75) is 50.7 Å². The van der Waals surface area contributed by atoms with Gasteiger partial charge < -0.3 is 4.74 Å². The Morgan fingerprint density at radius 1 is 1.21 bits per heavy atom. The maximum absolute atomic E-state index is 14.6. The molecule has 2 aliphatic rings. The van der Waals surface area contributed by atoms with E-state index in [4.69, 9.17) is 27.9 Å². The molecule has 6 heteroatoms. The number of halogens is 3. The van der Waals surface area contributed by atoms with Gasteiger partial charge in [0, 0.05) is 5.56 Å². The van der Waals surface area contributed by atoms with Gasteiger partial charge in [-0.1, -0.05) is 48.3 Å². The molecule has 0 amide bonds. The number of aryl methyl sites for hydroxylation is 1. The molecule has 146 valence electrons. The number of Topliss-reactive ketones (excluding diaryl/α,β-unsaturated/α-hetero) is 2. The van der Waals surface area contributed by atoms with Crippen LogP contribution in [0, 0.1) is 5.82 Å². The summed E-state index contributed by atoms with van der Waals surface area (Å²) in [5.74, 6) is -1.78. The lowest BCUT2D eigenvalue weighted by molar-refractivity contribution is -0.160. The second kappa shape index (κ2) is 6.94. The van der Waals surface area contributed by atoms with Gasteiger partial charge in [0.25, 0.3) is 0 Å². The van der Waals surface area contributed by atoms with E-state index in [2.05, 4.69) is 0 Å². The molecule has 0 radical (unpaired) electrons. The van der Waals surface area contributed by atoms with Gasteiger partial charge in [-0.3, -0.25) is 9.59 Å². The van der Waals surface area contributed by atoms with Crippen molar-refractivity contribution in [1.29, 1.82) is 0 Å². The van der Waals surface area contributed by atoms with Gasteiger partial charge in [0.15, 0.2) is 17.4 Å². The molecule has 2 aromatic carbocycles. The molecule has 3 nitrogen and oxygen atoms in total. The third kappa shape index (κ3) is 2.90. The average Bonchev–Trinajstić information content (AvgIpc) is 3.06. The SMILES string of the molecule is CCc1cc(-c2ccc(Cl)c(Cl)c2F)ccc1C1C(=O)[C@@H]2CC[C@@](C)(O2)C1=O. The van der Waals surface area contributed by atoms with E-state index in [9.17, 15) is 14.0 Å². The lowest BCUT2D eigenvalue weighted by Gasteiger charge is -2.34. The Labute approximate surface area is 172 Å². The van der Waals surface area contributed by atoms with Crippen LogP contribution in [0.3, 0.4) is 0 Å². The van der Waals surface area contributed by atoms with Gasteiger partial charge in [-0.2, -0.15) is 0 Å². The molecule has 2 heterocycles. The molecule has 28 heavy (non-hydrogen) atoms. The molecular weight excluding hydrogens is 402 g/mol. The number of carbonyl (C=O) groups is 2. The zero-order chi connectivity index (χ0) is 20.2. The van der Waals surface area contributed by atoms with Crippen molar-refractivity contribution in [3.05, 3.63) is 57.3 Å². The molecule has 0 spiro atoms. The van der Waals surface area contributed by atoms with Crippen molar-refractivity contribution >= 4 is 34.8 Å². The summed E-state index contributed by atoms with van der Waals surface area (Å²) in [6.45, 7) is 3.71. The molecular formula is C22H19Cl2FO3. The number of ketones is 2. The largest absolute Gasteiger partial charge is 0.356 e. The first-order valence-corrected chi connectivity index (χ1v) is 10.0. The monoisotopic (exact) mass is 420 g/mol. The van der Waals surface area contributed by atoms with Gasteiger partial charge >= 0.3 is 0 Å². The first-order chi connectivity index (χ1) is 13.3. The predicted octanol–water partition coefficient (Wildman–Crippen LogP) is 5.54. The van der Waals surface area contributed by atoms with Crippen LogP contribution in [0.2, 0.25) is 10.0 Å². The minimum atomic E-state index is -0.900. The number of ether oxygens (including phenoxy) is 1.